The lowest BCUT2D eigenvalue weighted by Gasteiger charge is -2.30. The maximum Gasteiger partial charge on any atom is 0.251 e. The smallest absolute Gasteiger partial charge is 0.251 e. The molecule has 116 valence electrons. The summed E-state index contributed by atoms with van der Waals surface area (Å²) < 4.78 is 25.7. The van der Waals surface area contributed by atoms with Gasteiger partial charge in [0.15, 0.2) is 0 Å². The van der Waals surface area contributed by atoms with Crippen LogP contribution in [0.25, 0.3) is 0 Å². The predicted molar refractivity (Wildman–Crippen MR) is 84.2 cm³/mol. The maximum atomic E-state index is 12.1. The largest absolute Gasteiger partial charge is 0.352 e. The van der Waals surface area contributed by atoms with Crippen LogP contribution in [0, 0.1) is 0 Å². The Labute approximate surface area is 126 Å². The molecule has 1 aliphatic heterocycles. The summed E-state index contributed by atoms with van der Waals surface area (Å²) in [7, 11) is -3.25. The van der Waals surface area contributed by atoms with E-state index in [2.05, 4.69) is 5.32 Å². The number of hydrogen-bond acceptors (Lipinski definition) is 3. The van der Waals surface area contributed by atoms with E-state index in [1.54, 1.807) is 19.1 Å². The molecule has 1 heterocycles. The number of rotatable bonds is 5. The van der Waals surface area contributed by atoms with Gasteiger partial charge >= 0.3 is 0 Å². The molecule has 1 N–H and O–H groups in total. The van der Waals surface area contributed by atoms with Gasteiger partial charge in [-0.15, -0.1) is 0 Å². The van der Waals surface area contributed by atoms with Crippen LogP contribution < -0.4 is 9.62 Å². The molecule has 1 aromatic carbocycles. The number of anilines is 1. The van der Waals surface area contributed by atoms with Gasteiger partial charge in [0.25, 0.3) is 5.91 Å². The summed E-state index contributed by atoms with van der Waals surface area (Å²) in [5, 5.41) is 2.84. The van der Waals surface area contributed by atoms with Crippen LogP contribution in [0.1, 0.15) is 42.6 Å². The van der Waals surface area contributed by atoms with E-state index in [9.17, 15) is 13.2 Å². The number of hydrogen-bond donors (Lipinski definition) is 1. The van der Waals surface area contributed by atoms with Crippen molar-refractivity contribution in [3.05, 3.63) is 29.3 Å². The number of aryl methyl sites for hydroxylation is 1. The van der Waals surface area contributed by atoms with Crippen molar-refractivity contribution in [2.75, 3.05) is 23.1 Å². The zero-order chi connectivity index (χ0) is 15.5. The number of carbonyl (C=O) groups is 1. The van der Waals surface area contributed by atoms with E-state index in [1.807, 2.05) is 13.0 Å². The van der Waals surface area contributed by atoms with E-state index >= 15 is 0 Å². The molecular formula is C15H22N2O3S. The quantitative estimate of drug-likeness (QED) is 0.903. The zero-order valence-electron chi connectivity index (χ0n) is 12.6. The minimum Gasteiger partial charge on any atom is -0.352 e. The highest BCUT2D eigenvalue weighted by atomic mass is 32.2. The minimum atomic E-state index is -3.25. The second kappa shape index (κ2) is 6.47. The molecule has 21 heavy (non-hydrogen) atoms. The average Bonchev–Trinajstić information content (AvgIpc) is 2.51. The van der Waals surface area contributed by atoms with Gasteiger partial charge in [-0.1, -0.05) is 6.92 Å². The predicted octanol–water partition coefficient (Wildman–Crippen LogP) is 1.93. The van der Waals surface area contributed by atoms with Crippen molar-refractivity contribution in [1.29, 1.82) is 0 Å². The topological polar surface area (TPSA) is 66.5 Å². The van der Waals surface area contributed by atoms with Crippen molar-refractivity contribution in [3.63, 3.8) is 0 Å². The van der Waals surface area contributed by atoms with Gasteiger partial charge in [0.1, 0.15) is 0 Å². The highest BCUT2D eigenvalue weighted by Gasteiger charge is 2.26. The van der Waals surface area contributed by atoms with Crippen molar-refractivity contribution in [1.82, 2.24) is 5.32 Å². The first-order valence-corrected chi connectivity index (χ1v) is 9.02. The van der Waals surface area contributed by atoms with Gasteiger partial charge in [-0.3, -0.25) is 9.10 Å². The molecule has 0 aromatic heterocycles. The number of sulfonamides is 1. The van der Waals surface area contributed by atoms with Gasteiger partial charge < -0.3 is 5.32 Å². The van der Waals surface area contributed by atoms with Gasteiger partial charge in [-0.2, -0.15) is 0 Å². The summed E-state index contributed by atoms with van der Waals surface area (Å²) in [6.45, 7) is 4.81. The van der Waals surface area contributed by atoms with E-state index < -0.39 is 10.0 Å². The molecule has 0 unspecified atom stereocenters. The Balaban J connectivity index is 2.31. The summed E-state index contributed by atoms with van der Waals surface area (Å²) in [6.07, 6.45) is 2.48. The third kappa shape index (κ3) is 3.37. The fraction of sp³-hybridized carbons (Fsp3) is 0.533. The Kier molecular flexibility index (Phi) is 4.88. The molecule has 5 nitrogen and oxygen atoms in total. The summed E-state index contributed by atoms with van der Waals surface area (Å²) in [4.78, 5) is 12.0. The molecule has 6 heteroatoms. The zero-order valence-corrected chi connectivity index (χ0v) is 13.4. The molecule has 1 aliphatic rings. The highest BCUT2D eigenvalue weighted by Crippen LogP contribution is 2.30. The summed E-state index contributed by atoms with van der Waals surface area (Å²) >= 11 is 0. The van der Waals surface area contributed by atoms with E-state index in [0.29, 0.717) is 18.7 Å². The van der Waals surface area contributed by atoms with Crippen LogP contribution in [-0.4, -0.2) is 33.2 Å². The first kappa shape index (κ1) is 15.8. The molecule has 0 atom stereocenters. The number of fused-ring (bicyclic) bond motifs is 1. The van der Waals surface area contributed by atoms with Gasteiger partial charge in [0.05, 0.1) is 11.4 Å². The number of carbonyl (C=O) groups excluding carboxylic acids is 1. The van der Waals surface area contributed by atoms with E-state index in [1.165, 1.54) is 4.31 Å². The lowest BCUT2D eigenvalue weighted by atomic mass is 10.0. The van der Waals surface area contributed by atoms with Crippen LogP contribution in [-0.2, 0) is 16.4 Å². The van der Waals surface area contributed by atoms with Crippen molar-refractivity contribution in [3.8, 4) is 0 Å². The standard InChI is InChI=1S/C15H22N2O3S/c1-3-9-16-15(18)13-7-8-14-12(11-13)6-5-10-17(14)21(19,20)4-2/h7-8,11H,3-6,9-10H2,1-2H3,(H,16,18). The number of nitrogens with zero attached hydrogens (tertiary/aromatic N) is 1. The van der Waals surface area contributed by atoms with Crippen LogP contribution in [0.4, 0.5) is 5.69 Å². The maximum absolute atomic E-state index is 12.1. The lowest BCUT2D eigenvalue weighted by molar-refractivity contribution is 0.0953. The van der Waals surface area contributed by atoms with Crippen LogP contribution in [0.5, 0.6) is 0 Å². The highest BCUT2D eigenvalue weighted by molar-refractivity contribution is 7.92. The Hall–Kier alpha value is -1.56. The molecule has 1 amide bonds. The average molecular weight is 310 g/mol. The van der Waals surface area contributed by atoms with E-state index in [4.69, 9.17) is 0 Å². The normalized spacial score (nSPS) is 14.7. The first-order chi connectivity index (χ1) is 9.99. The second-order valence-electron chi connectivity index (χ2n) is 5.18. The van der Waals surface area contributed by atoms with Crippen molar-refractivity contribution in [2.45, 2.75) is 33.1 Å². The number of amides is 1. The summed E-state index contributed by atoms with van der Waals surface area (Å²) in [5.74, 6) is -0.0133. The van der Waals surface area contributed by atoms with Gasteiger partial charge in [0, 0.05) is 18.7 Å². The SMILES string of the molecule is CCCNC(=O)c1ccc2c(c1)CCCN2S(=O)(=O)CC. The van der Waals surface area contributed by atoms with E-state index in [0.717, 1.165) is 30.5 Å². The molecule has 0 aliphatic carbocycles. The minimum absolute atomic E-state index is 0.0885. The molecule has 0 spiro atoms. The van der Waals surface area contributed by atoms with Gasteiger partial charge in [-0.25, -0.2) is 8.42 Å². The molecule has 2 rings (SSSR count). The Morgan fingerprint density at radius 2 is 2.10 bits per heavy atom. The van der Waals surface area contributed by atoms with Crippen LogP contribution in [0.3, 0.4) is 0 Å². The Morgan fingerprint density at radius 3 is 2.76 bits per heavy atom. The fourth-order valence-corrected chi connectivity index (χ4v) is 3.69. The summed E-state index contributed by atoms with van der Waals surface area (Å²) in [5.41, 5.74) is 2.25. The molecule has 1 aromatic rings. The monoisotopic (exact) mass is 310 g/mol. The van der Waals surface area contributed by atoms with Crippen LogP contribution in [0.15, 0.2) is 18.2 Å². The van der Waals surface area contributed by atoms with Crippen molar-refractivity contribution >= 4 is 21.6 Å². The van der Waals surface area contributed by atoms with Crippen LogP contribution in [0.2, 0.25) is 0 Å². The number of nitrogens with one attached hydrogen (secondary N) is 1. The number of benzene rings is 1. The lowest BCUT2D eigenvalue weighted by Crippen LogP contribution is -2.36. The van der Waals surface area contributed by atoms with Crippen molar-refractivity contribution in [2.24, 2.45) is 0 Å². The molecule has 0 saturated carbocycles. The molecule has 0 fully saturated rings. The molecule has 0 radical (unpaired) electrons. The Bertz CT molecular complexity index is 626. The molecular weight excluding hydrogens is 288 g/mol. The second-order valence-corrected chi connectivity index (χ2v) is 7.36. The molecule has 0 bridgehead atoms. The first-order valence-electron chi connectivity index (χ1n) is 7.41. The van der Waals surface area contributed by atoms with Crippen LogP contribution >= 0.6 is 0 Å². The third-order valence-electron chi connectivity index (χ3n) is 3.65. The van der Waals surface area contributed by atoms with Gasteiger partial charge in [-0.05, 0) is 49.9 Å². The third-order valence-corrected chi connectivity index (χ3v) is 5.43. The van der Waals surface area contributed by atoms with Gasteiger partial charge in [0.2, 0.25) is 10.0 Å². The summed E-state index contributed by atoms with van der Waals surface area (Å²) in [6, 6.07) is 5.27. The fourth-order valence-electron chi connectivity index (χ4n) is 2.49. The molecule has 0 saturated heterocycles. The van der Waals surface area contributed by atoms with Crippen molar-refractivity contribution < 1.29 is 13.2 Å². The Morgan fingerprint density at radius 1 is 1.33 bits per heavy atom. The van der Waals surface area contributed by atoms with E-state index in [-0.39, 0.29) is 11.7 Å².